The zero-order chi connectivity index (χ0) is 15.7. The first kappa shape index (κ1) is 14.5. The zero-order valence-corrected chi connectivity index (χ0v) is 13.3. The maximum atomic E-state index is 12.6. The van der Waals surface area contributed by atoms with Gasteiger partial charge < -0.3 is 4.74 Å². The second-order valence-electron chi connectivity index (χ2n) is 4.82. The molecule has 0 aromatic carbocycles. The lowest BCUT2D eigenvalue weighted by Crippen LogP contribution is -2.18. The number of thiazole rings is 1. The molecule has 0 spiro atoms. The van der Waals surface area contributed by atoms with Gasteiger partial charge in [-0.3, -0.25) is 14.2 Å². The monoisotopic (exact) mass is 313 g/mol. The van der Waals surface area contributed by atoms with Crippen molar-refractivity contribution >= 4 is 28.4 Å². The Morgan fingerprint density at radius 3 is 2.82 bits per heavy atom. The molecule has 0 radical (unpaired) electrons. The molecular formula is C16H15N3O2S. The summed E-state index contributed by atoms with van der Waals surface area (Å²) in [5, 5.41) is 0. The maximum Gasteiger partial charge on any atom is 0.301 e. The van der Waals surface area contributed by atoms with E-state index in [1.807, 2.05) is 32.1 Å². The van der Waals surface area contributed by atoms with Crippen LogP contribution < -0.4 is 10.3 Å². The van der Waals surface area contributed by atoms with E-state index in [0.717, 1.165) is 16.1 Å². The van der Waals surface area contributed by atoms with Crippen molar-refractivity contribution in [1.29, 1.82) is 0 Å². The van der Waals surface area contributed by atoms with Gasteiger partial charge >= 0.3 is 5.56 Å². The second-order valence-corrected chi connectivity index (χ2v) is 6.00. The van der Waals surface area contributed by atoms with E-state index in [4.69, 9.17) is 4.74 Å². The number of rotatable bonds is 3. The van der Waals surface area contributed by atoms with E-state index in [0.29, 0.717) is 10.7 Å². The highest BCUT2D eigenvalue weighted by molar-refractivity contribution is 7.17. The number of hydrogen-bond donors (Lipinski definition) is 0. The fraction of sp³-hybridized carbons (Fsp3) is 0.188. The Morgan fingerprint density at radius 1 is 1.32 bits per heavy atom. The lowest BCUT2D eigenvalue weighted by Gasteiger charge is -2.05. The number of fused-ring (bicyclic) bond motifs is 1. The van der Waals surface area contributed by atoms with E-state index in [1.54, 1.807) is 22.9 Å². The van der Waals surface area contributed by atoms with Crippen LogP contribution in [0.3, 0.4) is 0 Å². The van der Waals surface area contributed by atoms with Gasteiger partial charge in [0, 0.05) is 23.0 Å². The summed E-state index contributed by atoms with van der Waals surface area (Å²) in [5.41, 5.74) is 2.18. The predicted octanol–water partition coefficient (Wildman–Crippen LogP) is 2.95. The summed E-state index contributed by atoms with van der Waals surface area (Å²) in [6.45, 7) is 3.89. The molecule has 112 valence electrons. The fourth-order valence-corrected chi connectivity index (χ4v) is 3.16. The van der Waals surface area contributed by atoms with Gasteiger partial charge in [0.2, 0.25) is 5.75 Å². The van der Waals surface area contributed by atoms with Gasteiger partial charge in [-0.05, 0) is 31.6 Å². The van der Waals surface area contributed by atoms with Gasteiger partial charge in [-0.1, -0.05) is 12.1 Å². The summed E-state index contributed by atoms with van der Waals surface area (Å²) < 4.78 is 6.88. The molecular weight excluding hydrogens is 298 g/mol. The van der Waals surface area contributed by atoms with Gasteiger partial charge in [0.25, 0.3) is 0 Å². The maximum absolute atomic E-state index is 12.6. The van der Waals surface area contributed by atoms with Gasteiger partial charge in [-0.15, -0.1) is 11.3 Å². The Morgan fingerprint density at radius 2 is 2.14 bits per heavy atom. The van der Waals surface area contributed by atoms with Gasteiger partial charge in [-0.25, -0.2) is 4.98 Å². The molecule has 6 heteroatoms. The first-order chi connectivity index (χ1) is 10.6. The molecule has 0 fully saturated rings. The van der Waals surface area contributed by atoms with E-state index in [2.05, 4.69) is 9.97 Å². The van der Waals surface area contributed by atoms with Crippen LogP contribution in [0.25, 0.3) is 17.1 Å². The lowest BCUT2D eigenvalue weighted by atomic mass is 10.2. The molecule has 5 nitrogen and oxygen atoms in total. The highest BCUT2D eigenvalue weighted by atomic mass is 32.1. The van der Waals surface area contributed by atoms with Crippen LogP contribution in [0.15, 0.2) is 29.3 Å². The van der Waals surface area contributed by atoms with E-state index in [9.17, 15) is 4.79 Å². The number of aromatic nitrogens is 3. The van der Waals surface area contributed by atoms with Crippen LogP contribution in [0.1, 0.15) is 21.8 Å². The average Bonchev–Trinajstić information content (AvgIpc) is 2.81. The smallest absolute Gasteiger partial charge is 0.301 e. The van der Waals surface area contributed by atoms with E-state index in [1.165, 1.54) is 18.4 Å². The van der Waals surface area contributed by atoms with Crippen LogP contribution in [0, 0.1) is 13.8 Å². The molecule has 0 aliphatic rings. The Labute approximate surface area is 131 Å². The molecule has 3 aromatic rings. The average molecular weight is 313 g/mol. The summed E-state index contributed by atoms with van der Waals surface area (Å²) in [6, 6.07) is 3.79. The van der Waals surface area contributed by atoms with Crippen LogP contribution in [0.2, 0.25) is 0 Å². The Hall–Kier alpha value is -2.47. The molecule has 0 N–H and O–H groups in total. The van der Waals surface area contributed by atoms with Crippen LogP contribution in [0.5, 0.6) is 5.75 Å². The van der Waals surface area contributed by atoms with Gasteiger partial charge in [-0.2, -0.15) is 0 Å². The third-order valence-corrected chi connectivity index (χ3v) is 4.51. The minimum Gasteiger partial charge on any atom is -0.490 e. The topological polar surface area (TPSA) is 56.5 Å². The minimum absolute atomic E-state index is 0.180. The molecule has 0 saturated carbocycles. The fourth-order valence-electron chi connectivity index (χ4n) is 2.19. The van der Waals surface area contributed by atoms with Gasteiger partial charge in [0.15, 0.2) is 4.96 Å². The zero-order valence-electron chi connectivity index (χ0n) is 12.5. The predicted molar refractivity (Wildman–Crippen MR) is 88.5 cm³/mol. The minimum atomic E-state index is -0.180. The van der Waals surface area contributed by atoms with Crippen molar-refractivity contribution < 1.29 is 4.74 Å². The number of methoxy groups -OCH3 is 1. The van der Waals surface area contributed by atoms with Crippen molar-refractivity contribution in [2.75, 3.05) is 7.11 Å². The number of hydrogen-bond acceptors (Lipinski definition) is 5. The molecule has 0 aliphatic heterocycles. The first-order valence-electron chi connectivity index (χ1n) is 6.76. The molecule has 0 amide bonds. The van der Waals surface area contributed by atoms with Crippen molar-refractivity contribution in [2.24, 2.45) is 0 Å². The van der Waals surface area contributed by atoms with E-state index >= 15 is 0 Å². The third-order valence-electron chi connectivity index (χ3n) is 3.45. The molecule has 3 rings (SSSR count). The standard InChI is InChI=1S/C16H15N3O2S/c1-10-11(2)22-16-18-13(14(21-3)15(20)19(10)16)7-6-12-5-4-8-17-9-12/h4-9H,1-3H3/b7-6+. The number of nitrogens with zero attached hydrogens (tertiary/aromatic N) is 3. The molecule has 0 aliphatic carbocycles. The summed E-state index contributed by atoms with van der Waals surface area (Å²) >= 11 is 1.50. The van der Waals surface area contributed by atoms with Gasteiger partial charge in [0.05, 0.1) is 7.11 Å². The number of ether oxygens (including phenoxy) is 1. The number of aryl methyl sites for hydroxylation is 2. The van der Waals surface area contributed by atoms with E-state index < -0.39 is 0 Å². The molecule has 22 heavy (non-hydrogen) atoms. The molecule has 3 aromatic heterocycles. The summed E-state index contributed by atoms with van der Waals surface area (Å²) in [6.07, 6.45) is 7.10. The Bertz CT molecular complexity index is 911. The lowest BCUT2D eigenvalue weighted by molar-refractivity contribution is 0.404. The summed E-state index contributed by atoms with van der Waals surface area (Å²) in [7, 11) is 1.49. The number of pyridine rings is 1. The van der Waals surface area contributed by atoms with Crippen LogP contribution in [0.4, 0.5) is 0 Å². The van der Waals surface area contributed by atoms with Crippen molar-refractivity contribution in [2.45, 2.75) is 13.8 Å². The molecule has 0 atom stereocenters. The highest BCUT2D eigenvalue weighted by Crippen LogP contribution is 2.23. The van der Waals surface area contributed by atoms with Crippen molar-refractivity contribution in [3.05, 3.63) is 56.7 Å². The Kier molecular flexibility index (Phi) is 3.77. The third kappa shape index (κ3) is 2.42. The quantitative estimate of drug-likeness (QED) is 0.746. The summed E-state index contributed by atoms with van der Waals surface area (Å²) in [5.74, 6) is 0.249. The van der Waals surface area contributed by atoms with Crippen LogP contribution >= 0.6 is 11.3 Å². The SMILES string of the molecule is COc1c(/C=C/c2cccnc2)nc2sc(C)c(C)n2c1=O. The second kappa shape index (κ2) is 5.73. The van der Waals surface area contributed by atoms with Crippen LogP contribution in [-0.2, 0) is 0 Å². The molecule has 0 unspecified atom stereocenters. The van der Waals surface area contributed by atoms with Gasteiger partial charge in [0.1, 0.15) is 5.69 Å². The van der Waals surface area contributed by atoms with Crippen LogP contribution in [-0.4, -0.2) is 21.5 Å². The molecule has 3 heterocycles. The molecule has 0 saturated heterocycles. The Balaban J connectivity index is 2.17. The highest BCUT2D eigenvalue weighted by Gasteiger charge is 2.15. The summed E-state index contributed by atoms with van der Waals surface area (Å²) in [4.78, 5) is 22.9. The first-order valence-corrected chi connectivity index (χ1v) is 7.58. The molecule has 0 bridgehead atoms. The van der Waals surface area contributed by atoms with Crippen molar-refractivity contribution in [3.8, 4) is 5.75 Å². The van der Waals surface area contributed by atoms with Crippen molar-refractivity contribution in [1.82, 2.24) is 14.4 Å². The normalized spacial score (nSPS) is 11.4. The van der Waals surface area contributed by atoms with Crippen molar-refractivity contribution in [3.63, 3.8) is 0 Å². The van der Waals surface area contributed by atoms with E-state index in [-0.39, 0.29) is 11.3 Å². The largest absolute Gasteiger partial charge is 0.490 e.